The number of thiophene rings is 1. The predicted molar refractivity (Wildman–Crippen MR) is 165 cm³/mol. The number of nitriles is 1. The number of fused-ring (bicyclic) bond motifs is 6. The summed E-state index contributed by atoms with van der Waals surface area (Å²) in [6.07, 6.45) is 14.6. The van der Waals surface area contributed by atoms with E-state index in [1.807, 2.05) is 0 Å². The van der Waals surface area contributed by atoms with Crippen molar-refractivity contribution in [2.75, 3.05) is 0 Å². The van der Waals surface area contributed by atoms with E-state index in [1.165, 1.54) is 79.6 Å². The van der Waals surface area contributed by atoms with Gasteiger partial charge in [-0.25, -0.2) is 0 Å². The molecule has 1 N–H and O–H groups in total. The van der Waals surface area contributed by atoms with E-state index in [1.54, 1.807) is 21.3 Å². The fourth-order valence-corrected chi connectivity index (χ4v) is 12.9. The van der Waals surface area contributed by atoms with E-state index in [0.29, 0.717) is 20.7 Å². The minimum absolute atomic E-state index is 0.157. The first-order valence-electron chi connectivity index (χ1n) is 15.5. The van der Waals surface area contributed by atoms with Crippen molar-refractivity contribution in [2.24, 2.45) is 52.3 Å². The number of nitrogens with zero attached hydrogens (tertiary/aromatic N) is 2. The van der Waals surface area contributed by atoms with Gasteiger partial charge in [-0.1, -0.05) is 53.9 Å². The molecule has 0 radical (unpaired) electrons. The Bertz CT molecular complexity index is 1330. The lowest BCUT2D eigenvalue weighted by Crippen LogP contribution is -2.54. The lowest BCUT2D eigenvalue weighted by atomic mass is 9.44. The second kappa shape index (κ2) is 10.3. The summed E-state index contributed by atoms with van der Waals surface area (Å²) in [4.78, 5) is 1.38. The third-order valence-electron chi connectivity index (χ3n) is 12.3. The number of hydrogen-bond donors (Lipinski definition) is 1. The molecule has 3 saturated carbocycles. The normalized spacial score (nSPS) is 36.1. The molecule has 0 unspecified atom stereocenters. The Morgan fingerprint density at radius 1 is 1.10 bits per heavy atom. The molecular weight excluding hydrogens is 537 g/mol. The van der Waals surface area contributed by atoms with Crippen LogP contribution in [0.2, 0.25) is 0 Å². The number of rotatable bonds is 6. The molecule has 212 valence electrons. The third kappa shape index (κ3) is 4.40. The number of hydrogen-bond acceptors (Lipinski definition) is 5. The molecule has 39 heavy (non-hydrogen) atoms. The maximum Gasteiger partial charge on any atom is 0.208 e. The van der Waals surface area contributed by atoms with Crippen LogP contribution in [-0.2, 0) is 12.8 Å². The average molecular weight is 583 g/mol. The second-order valence-electron chi connectivity index (χ2n) is 14.6. The van der Waals surface area contributed by atoms with Gasteiger partial charge in [0, 0.05) is 4.88 Å². The number of aromatic hydroxyl groups is 1. The quantitative estimate of drug-likeness (QED) is 0.345. The molecule has 8 atom stereocenters. The van der Waals surface area contributed by atoms with Crippen LogP contribution in [0.25, 0.3) is 5.00 Å². The van der Waals surface area contributed by atoms with E-state index in [4.69, 9.17) is 12.2 Å². The molecule has 2 aromatic heterocycles. The van der Waals surface area contributed by atoms with Crippen LogP contribution >= 0.6 is 34.9 Å². The van der Waals surface area contributed by atoms with Gasteiger partial charge in [-0.05, 0) is 121 Å². The van der Waals surface area contributed by atoms with Gasteiger partial charge < -0.3 is 5.11 Å². The summed E-state index contributed by atoms with van der Waals surface area (Å²) < 4.78 is 2.34. The Hall–Kier alpha value is -1.16. The number of aromatic nitrogens is 1. The molecule has 4 aliphatic rings. The van der Waals surface area contributed by atoms with Crippen molar-refractivity contribution >= 4 is 34.9 Å². The molecular formula is C33H46N2OS3. The summed E-state index contributed by atoms with van der Waals surface area (Å²) in [6, 6.07) is 2.52. The Morgan fingerprint density at radius 3 is 2.56 bits per heavy atom. The molecule has 6 rings (SSSR count). The maximum atomic E-state index is 10.5. The van der Waals surface area contributed by atoms with Crippen LogP contribution in [0.4, 0.5) is 0 Å². The number of thiazole rings is 1. The van der Waals surface area contributed by atoms with Crippen LogP contribution in [0.3, 0.4) is 0 Å². The van der Waals surface area contributed by atoms with Gasteiger partial charge in [0.1, 0.15) is 11.1 Å². The van der Waals surface area contributed by atoms with Crippen molar-refractivity contribution in [2.45, 2.75) is 105 Å². The summed E-state index contributed by atoms with van der Waals surface area (Å²) >= 11 is 8.62. The van der Waals surface area contributed by atoms with Crippen molar-refractivity contribution in [1.29, 1.82) is 5.26 Å². The van der Waals surface area contributed by atoms with E-state index in [0.717, 1.165) is 58.9 Å². The van der Waals surface area contributed by atoms with Crippen LogP contribution in [0.15, 0.2) is 5.38 Å². The fraction of sp³-hybridized carbons (Fsp3) is 0.758. The Morgan fingerprint density at radius 2 is 1.87 bits per heavy atom. The van der Waals surface area contributed by atoms with E-state index < -0.39 is 0 Å². The third-order valence-corrected chi connectivity index (χ3v) is 14.7. The molecule has 3 nitrogen and oxygen atoms in total. The average Bonchev–Trinajstić information content (AvgIpc) is 3.53. The van der Waals surface area contributed by atoms with Gasteiger partial charge in [-0.15, -0.1) is 22.7 Å². The van der Waals surface area contributed by atoms with Gasteiger partial charge in [0.05, 0.1) is 10.9 Å². The van der Waals surface area contributed by atoms with Gasteiger partial charge in [0.15, 0.2) is 3.95 Å². The molecule has 2 heterocycles. The highest BCUT2D eigenvalue weighted by atomic mass is 32.1. The minimum Gasteiger partial charge on any atom is -0.494 e. The largest absolute Gasteiger partial charge is 0.494 e. The van der Waals surface area contributed by atoms with Crippen LogP contribution in [-0.4, -0.2) is 9.67 Å². The summed E-state index contributed by atoms with van der Waals surface area (Å²) in [7, 11) is 0. The second-order valence-corrected chi connectivity index (χ2v) is 17.1. The van der Waals surface area contributed by atoms with Crippen LogP contribution in [0.1, 0.15) is 108 Å². The molecule has 6 heteroatoms. The SMILES string of the molecule is CC(C)CCC[C@@H](C)[C@H]1CC[C@H]2[C@@H]3CC[C@H]4Cc5c(sc(-n6c(O)csc6=S)c5C#N)C[C@]4(C)[C@H]3CC[C@]12C. The van der Waals surface area contributed by atoms with Crippen molar-refractivity contribution < 1.29 is 5.11 Å². The van der Waals surface area contributed by atoms with E-state index in [2.05, 4.69) is 40.7 Å². The van der Waals surface area contributed by atoms with Crippen molar-refractivity contribution in [3.8, 4) is 17.0 Å². The maximum absolute atomic E-state index is 10.5. The monoisotopic (exact) mass is 582 g/mol. The predicted octanol–water partition coefficient (Wildman–Crippen LogP) is 9.94. The molecule has 0 spiro atoms. The van der Waals surface area contributed by atoms with E-state index >= 15 is 0 Å². The molecule has 0 aliphatic heterocycles. The highest BCUT2D eigenvalue weighted by Crippen LogP contribution is 2.68. The van der Waals surface area contributed by atoms with Gasteiger partial charge in [-0.2, -0.15) is 5.26 Å². The molecule has 0 bridgehead atoms. The zero-order chi connectivity index (χ0) is 27.7. The summed E-state index contributed by atoms with van der Waals surface area (Å²) in [5.41, 5.74) is 2.84. The summed E-state index contributed by atoms with van der Waals surface area (Å²) in [6.45, 7) is 12.6. The Kier molecular flexibility index (Phi) is 7.38. The Labute approximate surface area is 248 Å². The van der Waals surface area contributed by atoms with E-state index in [-0.39, 0.29) is 5.88 Å². The fourth-order valence-electron chi connectivity index (χ4n) is 10.4. The van der Waals surface area contributed by atoms with Gasteiger partial charge in [0.2, 0.25) is 5.88 Å². The van der Waals surface area contributed by atoms with Gasteiger partial charge in [-0.3, -0.25) is 4.57 Å². The molecule has 0 aromatic carbocycles. The lowest BCUT2D eigenvalue weighted by molar-refractivity contribution is -0.103. The highest BCUT2D eigenvalue weighted by molar-refractivity contribution is 7.73. The first kappa shape index (κ1) is 28.0. The first-order valence-corrected chi connectivity index (χ1v) is 17.6. The zero-order valence-corrected chi connectivity index (χ0v) is 26.9. The lowest BCUT2D eigenvalue weighted by Gasteiger charge is -2.60. The molecule has 4 aliphatic carbocycles. The van der Waals surface area contributed by atoms with Crippen LogP contribution in [0, 0.1) is 67.5 Å². The van der Waals surface area contributed by atoms with E-state index in [9.17, 15) is 10.4 Å². The van der Waals surface area contributed by atoms with Crippen molar-refractivity contribution in [3.05, 3.63) is 25.3 Å². The topological polar surface area (TPSA) is 49.0 Å². The molecule has 0 amide bonds. The smallest absolute Gasteiger partial charge is 0.208 e. The van der Waals surface area contributed by atoms with Gasteiger partial charge in [0.25, 0.3) is 0 Å². The Balaban J connectivity index is 1.26. The molecule has 3 fully saturated rings. The standard InChI is InChI=1S/C33H46N2OS3/c1-19(2)7-6-8-20(3)25-11-12-26-22-10-9-21-15-23-24(17-34)30(35-29(36)18-38-31(35)37)39-28(23)16-33(21,5)27(22)13-14-32(25,26)4/h18-22,25-27,36H,6-16H2,1-5H3/t20-,21+,22+,25-,26+,27+,32-,33+/m1/s1. The minimum atomic E-state index is 0.157. The highest BCUT2D eigenvalue weighted by Gasteiger charge is 2.60. The van der Waals surface area contributed by atoms with Crippen LogP contribution in [0.5, 0.6) is 5.88 Å². The van der Waals surface area contributed by atoms with Crippen LogP contribution < -0.4 is 0 Å². The zero-order valence-electron chi connectivity index (χ0n) is 24.5. The molecule has 0 saturated heterocycles. The summed E-state index contributed by atoms with van der Waals surface area (Å²) in [5, 5.41) is 23.3. The van der Waals surface area contributed by atoms with Gasteiger partial charge >= 0.3 is 0 Å². The first-order chi connectivity index (χ1) is 18.6. The molecule has 2 aromatic rings. The van der Waals surface area contributed by atoms with Crippen molar-refractivity contribution in [1.82, 2.24) is 4.57 Å². The summed E-state index contributed by atoms with van der Waals surface area (Å²) in [5.74, 6) is 5.94. The van der Waals surface area contributed by atoms with Crippen molar-refractivity contribution in [3.63, 3.8) is 0 Å².